The molecule has 0 bridgehead atoms. The molecule has 8 nitrogen and oxygen atoms in total. The Balaban J connectivity index is 1.81. The van der Waals surface area contributed by atoms with Crippen molar-refractivity contribution in [3.63, 3.8) is 0 Å². The van der Waals surface area contributed by atoms with Crippen molar-refractivity contribution in [2.24, 2.45) is 6.98 Å². The molecule has 158 valence electrons. The summed E-state index contributed by atoms with van der Waals surface area (Å²) >= 11 is 0. The fourth-order valence-electron chi connectivity index (χ4n) is 2.92. The number of halogens is 3. The summed E-state index contributed by atoms with van der Waals surface area (Å²) in [4.78, 5) is 0. The van der Waals surface area contributed by atoms with Crippen molar-refractivity contribution in [3.8, 4) is 34.1 Å². The second-order valence-electron chi connectivity index (χ2n) is 6.29. The number of pyridine rings is 1. The van der Waals surface area contributed by atoms with Gasteiger partial charge in [0.05, 0.1) is 23.5 Å². The SMILES string of the molecule is [2H]C([2H])([2H])n1cc(-c2cc(-c3ccc(OS(=O)(=O)C(F)(F)F)cc3)c3c(C#N)cnn3c2)cn1. The minimum Gasteiger partial charge on any atom is -0.376 e. The van der Waals surface area contributed by atoms with Crippen molar-refractivity contribution in [2.45, 2.75) is 5.51 Å². The Bertz CT molecular complexity index is 1540. The van der Waals surface area contributed by atoms with E-state index in [-0.39, 0.29) is 5.56 Å². The Hall–Kier alpha value is -3.85. The Kier molecular flexibility index (Phi) is 3.89. The third-order valence-corrected chi connectivity index (χ3v) is 5.28. The highest BCUT2D eigenvalue weighted by Gasteiger charge is 2.48. The number of rotatable bonds is 4. The standard InChI is InChI=1S/C19H12F3N5O3S/c1-26-10-15(9-24-26)13-6-17(18-14(7-23)8-25-27(18)11-13)12-2-4-16(5-3-12)30-31(28,29)19(20,21)22/h2-6,8-11H,1H3/i1D3. The summed E-state index contributed by atoms with van der Waals surface area (Å²) in [6.45, 7) is -2.49. The van der Waals surface area contributed by atoms with E-state index in [1.54, 1.807) is 12.3 Å². The molecule has 3 heterocycles. The molecule has 0 unspecified atom stereocenters. The average molecular weight is 450 g/mol. The molecular weight excluding hydrogens is 435 g/mol. The number of aryl methyl sites for hydroxylation is 1. The number of fused-ring (bicyclic) bond motifs is 1. The molecule has 1 aromatic carbocycles. The highest BCUT2D eigenvalue weighted by Crippen LogP contribution is 2.33. The zero-order valence-electron chi connectivity index (χ0n) is 18.2. The van der Waals surface area contributed by atoms with E-state index in [1.165, 1.54) is 35.2 Å². The Morgan fingerprint density at radius 2 is 1.84 bits per heavy atom. The van der Waals surface area contributed by atoms with Gasteiger partial charge in [0.2, 0.25) is 0 Å². The average Bonchev–Trinajstić information content (AvgIpc) is 3.40. The van der Waals surface area contributed by atoms with E-state index < -0.39 is 28.4 Å². The predicted octanol–water partition coefficient (Wildman–Crippen LogP) is 3.50. The zero-order valence-corrected chi connectivity index (χ0v) is 16.0. The summed E-state index contributed by atoms with van der Waals surface area (Å²) in [5, 5.41) is 17.4. The van der Waals surface area contributed by atoms with Crippen LogP contribution in [0.5, 0.6) is 5.75 Å². The quantitative estimate of drug-likeness (QED) is 0.348. The van der Waals surface area contributed by atoms with Crippen LogP contribution in [-0.4, -0.2) is 33.3 Å². The minimum atomic E-state index is -5.83. The van der Waals surface area contributed by atoms with E-state index in [1.807, 2.05) is 6.07 Å². The first-order valence-electron chi connectivity index (χ1n) is 9.88. The smallest absolute Gasteiger partial charge is 0.376 e. The van der Waals surface area contributed by atoms with Crippen LogP contribution in [0.3, 0.4) is 0 Å². The molecule has 0 aliphatic heterocycles. The highest BCUT2D eigenvalue weighted by atomic mass is 32.2. The summed E-state index contributed by atoms with van der Waals surface area (Å²) in [6.07, 6.45) is 5.53. The molecule has 0 aliphatic rings. The van der Waals surface area contributed by atoms with E-state index in [4.69, 9.17) is 4.11 Å². The maximum Gasteiger partial charge on any atom is 0.534 e. The van der Waals surface area contributed by atoms with Gasteiger partial charge in [0.25, 0.3) is 0 Å². The molecule has 0 amide bonds. The monoisotopic (exact) mass is 450 g/mol. The fourth-order valence-corrected chi connectivity index (χ4v) is 3.38. The highest BCUT2D eigenvalue weighted by molar-refractivity contribution is 7.88. The first-order chi connectivity index (χ1) is 15.8. The van der Waals surface area contributed by atoms with Crippen LogP contribution in [0.25, 0.3) is 27.8 Å². The summed E-state index contributed by atoms with van der Waals surface area (Å²) in [5.74, 6) is -0.554. The number of alkyl halides is 3. The molecule has 0 aliphatic carbocycles. The summed E-state index contributed by atoms with van der Waals surface area (Å²) in [7, 11) is -5.83. The van der Waals surface area contributed by atoms with Crippen LogP contribution in [0, 0.1) is 11.3 Å². The normalized spacial score (nSPS) is 13.9. The van der Waals surface area contributed by atoms with Gasteiger partial charge >= 0.3 is 15.6 Å². The summed E-state index contributed by atoms with van der Waals surface area (Å²) in [6, 6.07) is 8.34. The fraction of sp³-hybridized carbons (Fsp3) is 0.105. The van der Waals surface area contributed by atoms with Gasteiger partial charge in [-0.1, -0.05) is 12.1 Å². The zero-order chi connectivity index (χ0) is 24.9. The lowest BCUT2D eigenvalue weighted by Crippen LogP contribution is -2.28. The van der Waals surface area contributed by atoms with Gasteiger partial charge in [-0.3, -0.25) is 4.68 Å². The van der Waals surface area contributed by atoms with E-state index in [0.717, 1.165) is 16.8 Å². The molecule has 0 N–H and O–H groups in total. The molecule has 12 heteroatoms. The third-order valence-electron chi connectivity index (χ3n) is 4.30. The van der Waals surface area contributed by atoms with Crippen molar-refractivity contribution < 1.29 is 29.9 Å². The van der Waals surface area contributed by atoms with Crippen molar-refractivity contribution in [1.82, 2.24) is 19.4 Å². The first kappa shape index (κ1) is 16.9. The maximum absolute atomic E-state index is 12.6. The number of nitriles is 1. The second kappa shape index (κ2) is 7.13. The van der Waals surface area contributed by atoms with Gasteiger partial charge in [-0.25, -0.2) is 4.52 Å². The van der Waals surface area contributed by atoms with E-state index in [0.29, 0.717) is 27.8 Å². The third kappa shape index (κ3) is 3.71. The molecular formula is C19H12F3N5O3S. The molecule has 0 atom stereocenters. The van der Waals surface area contributed by atoms with Crippen LogP contribution in [0.4, 0.5) is 13.2 Å². The first-order valence-corrected chi connectivity index (χ1v) is 9.79. The molecule has 0 saturated heterocycles. The molecule has 0 radical (unpaired) electrons. The van der Waals surface area contributed by atoms with Crippen LogP contribution < -0.4 is 4.18 Å². The van der Waals surface area contributed by atoms with Crippen LogP contribution >= 0.6 is 0 Å². The van der Waals surface area contributed by atoms with E-state index >= 15 is 0 Å². The molecule has 4 aromatic rings. The minimum absolute atomic E-state index is 0.208. The van der Waals surface area contributed by atoms with Gasteiger partial charge in [0, 0.05) is 40.2 Å². The van der Waals surface area contributed by atoms with Crippen molar-refractivity contribution in [3.05, 3.63) is 60.7 Å². The van der Waals surface area contributed by atoms with Crippen molar-refractivity contribution in [1.29, 1.82) is 5.26 Å². The van der Waals surface area contributed by atoms with Gasteiger partial charge < -0.3 is 4.18 Å². The maximum atomic E-state index is 12.6. The molecule has 31 heavy (non-hydrogen) atoms. The molecule has 3 aromatic heterocycles. The Morgan fingerprint density at radius 3 is 2.45 bits per heavy atom. The Labute approximate surface area is 178 Å². The van der Waals surface area contributed by atoms with E-state index in [2.05, 4.69) is 14.4 Å². The number of hydrogen-bond donors (Lipinski definition) is 0. The number of benzene rings is 1. The second-order valence-corrected chi connectivity index (χ2v) is 7.82. The molecule has 0 fully saturated rings. The number of nitrogens with zero attached hydrogens (tertiary/aromatic N) is 5. The van der Waals surface area contributed by atoms with Crippen LogP contribution in [-0.2, 0) is 17.1 Å². The molecule has 0 saturated carbocycles. The lowest BCUT2D eigenvalue weighted by atomic mass is 10.00. The lowest BCUT2D eigenvalue weighted by Gasteiger charge is -2.11. The van der Waals surface area contributed by atoms with Crippen LogP contribution in [0.1, 0.15) is 9.68 Å². The number of aromatic nitrogens is 4. The van der Waals surface area contributed by atoms with Gasteiger partial charge in [-0.05, 0) is 23.8 Å². The van der Waals surface area contributed by atoms with Crippen LogP contribution in [0.2, 0.25) is 0 Å². The summed E-state index contributed by atoms with van der Waals surface area (Å²) < 4.78 is 88.9. The number of hydrogen-bond acceptors (Lipinski definition) is 6. The molecule has 0 spiro atoms. The summed E-state index contributed by atoms with van der Waals surface area (Å²) in [5.41, 5.74) is -3.23. The van der Waals surface area contributed by atoms with Crippen molar-refractivity contribution in [2.75, 3.05) is 0 Å². The van der Waals surface area contributed by atoms with E-state index in [9.17, 15) is 26.9 Å². The largest absolute Gasteiger partial charge is 0.534 e. The lowest BCUT2D eigenvalue weighted by molar-refractivity contribution is -0.0500. The van der Waals surface area contributed by atoms with Crippen LogP contribution in [0.15, 0.2) is 55.1 Å². The topological polar surface area (TPSA) is 102 Å². The predicted molar refractivity (Wildman–Crippen MR) is 103 cm³/mol. The van der Waals surface area contributed by atoms with Gasteiger partial charge in [0.1, 0.15) is 11.8 Å². The van der Waals surface area contributed by atoms with Crippen molar-refractivity contribution >= 4 is 15.6 Å². The Morgan fingerprint density at radius 1 is 1.10 bits per heavy atom. The van der Waals surface area contributed by atoms with Gasteiger partial charge in [-0.15, -0.1) is 0 Å². The molecule has 4 rings (SSSR count). The van der Waals surface area contributed by atoms with Gasteiger partial charge in [-0.2, -0.15) is 37.0 Å². The van der Waals surface area contributed by atoms with Gasteiger partial charge in [0.15, 0.2) is 0 Å².